The van der Waals surface area contributed by atoms with Gasteiger partial charge in [-0.15, -0.1) is 0 Å². The Balaban J connectivity index is 2.11. The number of anilines is 1. The molecule has 158 valence electrons. The number of hydrogen-bond acceptors (Lipinski definition) is 6. The third kappa shape index (κ3) is 5.63. The summed E-state index contributed by atoms with van der Waals surface area (Å²) in [6, 6.07) is 4.62. The molecule has 0 fully saturated rings. The normalized spacial score (nSPS) is 12.0. The van der Waals surface area contributed by atoms with E-state index in [0.717, 1.165) is 0 Å². The molecule has 1 aromatic heterocycles. The van der Waals surface area contributed by atoms with E-state index >= 15 is 0 Å². The van der Waals surface area contributed by atoms with Gasteiger partial charge in [0.1, 0.15) is 5.82 Å². The Hall–Kier alpha value is -2.74. The number of esters is 1. The van der Waals surface area contributed by atoms with Crippen LogP contribution in [-0.4, -0.2) is 41.0 Å². The van der Waals surface area contributed by atoms with Crippen LogP contribution in [0.15, 0.2) is 24.4 Å². The van der Waals surface area contributed by atoms with Gasteiger partial charge in [-0.2, -0.15) is 5.10 Å². The van der Waals surface area contributed by atoms with Crippen molar-refractivity contribution >= 4 is 29.3 Å². The number of rotatable bonds is 8. The van der Waals surface area contributed by atoms with Crippen LogP contribution in [0.1, 0.15) is 51.0 Å². The molecule has 1 heterocycles. The van der Waals surface area contributed by atoms with E-state index in [1.54, 1.807) is 16.9 Å². The third-order valence-electron chi connectivity index (χ3n) is 3.88. The van der Waals surface area contributed by atoms with E-state index in [1.807, 2.05) is 27.7 Å². The summed E-state index contributed by atoms with van der Waals surface area (Å²) in [7, 11) is 1.45. The molecule has 2 rings (SSSR count). The average Bonchev–Trinajstić information content (AvgIpc) is 3.11. The van der Waals surface area contributed by atoms with Gasteiger partial charge in [0.25, 0.3) is 5.91 Å². The Kier molecular flexibility index (Phi) is 7.50. The molecule has 0 radical (unpaired) electrons. The monoisotopic (exact) mass is 423 g/mol. The second-order valence-electron chi connectivity index (χ2n) is 6.95. The minimum Gasteiger partial charge on any atom is -0.493 e. The van der Waals surface area contributed by atoms with E-state index in [2.05, 4.69) is 10.4 Å². The number of nitrogens with one attached hydrogen (secondary N) is 1. The number of halogens is 1. The van der Waals surface area contributed by atoms with Crippen molar-refractivity contribution in [2.45, 2.75) is 52.9 Å². The van der Waals surface area contributed by atoms with Crippen LogP contribution < -0.4 is 14.8 Å². The molecule has 0 saturated carbocycles. The van der Waals surface area contributed by atoms with Gasteiger partial charge < -0.3 is 19.5 Å². The van der Waals surface area contributed by atoms with Gasteiger partial charge in [0.2, 0.25) is 0 Å². The van der Waals surface area contributed by atoms with Crippen molar-refractivity contribution in [3.05, 3.63) is 35.0 Å². The van der Waals surface area contributed by atoms with Gasteiger partial charge in [-0.3, -0.25) is 4.79 Å². The molecule has 2 aromatic rings. The predicted octanol–water partition coefficient (Wildman–Crippen LogP) is 4.10. The summed E-state index contributed by atoms with van der Waals surface area (Å²) in [6.07, 6.45) is 0.429. The van der Waals surface area contributed by atoms with Crippen molar-refractivity contribution in [3.8, 4) is 11.5 Å². The number of carbonyl (C=O) groups excluding carboxylic acids is 2. The molecule has 0 aliphatic heterocycles. The van der Waals surface area contributed by atoms with E-state index in [1.165, 1.54) is 26.2 Å². The average molecular weight is 424 g/mol. The number of nitrogens with zero attached hydrogens (tertiary/aromatic N) is 2. The van der Waals surface area contributed by atoms with Crippen molar-refractivity contribution < 1.29 is 23.8 Å². The van der Waals surface area contributed by atoms with Crippen LogP contribution in [0.2, 0.25) is 5.02 Å². The quantitative estimate of drug-likeness (QED) is 0.643. The van der Waals surface area contributed by atoms with Gasteiger partial charge in [-0.05, 0) is 46.8 Å². The molecule has 1 N–H and O–H groups in total. The first kappa shape index (κ1) is 22.5. The summed E-state index contributed by atoms with van der Waals surface area (Å²) in [5.41, 5.74) is 0.148. The molecule has 0 saturated heterocycles. The van der Waals surface area contributed by atoms with Crippen molar-refractivity contribution in [1.82, 2.24) is 9.78 Å². The highest BCUT2D eigenvalue weighted by molar-refractivity contribution is 6.32. The summed E-state index contributed by atoms with van der Waals surface area (Å²) in [6.45, 7) is 9.07. The topological polar surface area (TPSA) is 91.7 Å². The molecule has 0 spiro atoms. The molecule has 1 amide bonds. The predicted molar refractivity (Wildman–Crippen MR) is 110 cm³/mol. The van der Waals surface area contributed by atoms with E-state index in [0.29, 0.717) is 17.3 Å². The molecular formula is C20H26ClN3O5. The fourth-order valence-corrected chi connectivity index (χ4v) is 2.78. The van der Waals surface area contributed by atoms with E-state index in [9.17, 15) is 9.59 Å². The van der Waals surface area contributed by atoms with E-state index in [-0.39, 0.29) is 22.7 Å². The summed E-state index contributed by atoms with van der Waals surface area (Å²) < 4.78 is 17.8. The molecule has 9 heteroatoms. The van der Waals surface area contributed by atoms with Crippen molar-refractivity contribution in [1.29, 1.82) is 0 Å². The van der Waals surface area contributed by atoms with E-state index < -0.39 is 18.0 Å². The van der Waals surface area contributed by atoms with Crippen molar-refractivity contribution in [2.75, 3.05) is 12.4 Å². The second kappa shape index (κ2) is 9.65. The van der Waals surface area contributed by atoms with Crippen LogP contribution in [0.25, 0.3) is 0 Å². The minimum absolute atomic E-state index is 0.0688. The molecule has 0 aliphatic carbocycles. The molecule has 1 aromatic carbocycles. The highest BCUT2D eigenvalue weighted by Gasteiger charge is 2.23. The SMILES string of the molecule is COc1cc(C(=O)O[C@H](C)C(=O)Nc2ccnn2C(C)C)cc(Cl)c1OC(C)C. The molecule has 29 heavy (non-hydrogen) atoms. The minimum atomic E-state index is -1.03. The van der Waals surface area contributed by atoms with Gasteiger partial charge >= 0.3 is 5.97 Å². The van der Waals surface area contributed by atoms with Crippen LogP contribution >= 0.6 is 11.6 Å². The Morgan fingerprint density at radius 2 is 1.86 bits per heavy atom. The van der Waals surface area contributed by atoms with Crippen LogP contribution in [0.5, 0.6) is 11.5 Å². The van der Waals surface area contributed by atoms with Gasteiger partial charge in [-0.1, -0.05) is 11.6 Å². The standard InChI is InChI=1S/C20H26ClN3O5/c1-11(2)24-17(7-8-22-24)23-19(25)13(5)29-20(26)14-9-15(21)18(28-12(3)4)16(10-14)27-6/h7-13H,1-6H3,(H,23,25)/t13-/m1/s1. The molecule has 8 nitrogen and oxygen atoms in total. The number of hydrogen-bond donors (Lipinski definition) is 1. The smallest absolute Gasteiger partial charge is 0.339 e. The molecule has 1 atom stereocenters. The Labute approximate surface area is 175 Å². The first-order valence-electron chi connectivity index (χ1n) is 9.23. The number of carbonyl (C=O) groups is 2. The molecule has 0 unspecified atom stereocenters. The number of ether oxygens (including phenoxy) is 3. The van der Waals surface area contributed by atoms with Crippen LogP contribution in [0, 0.1) is 0 Å². The number of amides is 1. The van der Waals surface area contributed by atoms with Gasteiger partial charge in [0.15, 0.2) is 17.6 Å². The lowest BCUT2D eigenvalue weighted by molar-refractivity contribution is -0.123. The fraction of sp³-hybridized carbons (Fsp3) is 0.450. The van der Waals surface area contributed by atoms with Crippen molar-refractivity contribution in [3.63, 3.8) is 0 Å². The maximum absolute atomic E-state index is 12.5. The maximum Gasteiger partial charge on any atom is 0.339 e. The van der Waals surface area contributed by atoms with Gasteiger partial charge in [-0.25, -0.2) is 9.48 Å². The van der Waals surface area contributed by atoms with E-state index in [4.69, 9.17) is 25.8 Å². The number of aromatic nitrogens is 2. The zero-order valence-electron chi connectivity index (χ0n) is 17.4. The summed E-state index contributed by atoms with van der Waals surface area (Å²) >= 11 is 6.24. The Morgan fingerprint density at radius 3 is 2.45 bits per heavy atom. The number of methoxy groups -OCH3 is 1. The van der Waals surface area contributed by atoms with Crippen molar-refractivity contribution in [2.24, 2.45) is 0 Å². The first-order chi connectivity index (χ1) is 13.6. The van der Waals surface area contributed by atoms with Crippen LogP contribution in [-0.2, 0) is 9.53 Å². The van der Waals surface area contributed by atoms with Gasteiger partial charge in [0.05, 0.1) is 30.0 Å². The largest absolute Gasteiger partial charge is 0.493 e. The van der Waals surface area contributed by atoms with Crippen LogP contribution in [0.4, 0.5) is 5.82 Å². The zero-order chi connectivity index (χ0) is 21.7. The molecule has 0 bridgehead atoms. The lowest BCUT2D eigenvalue weighted by Crippen LogP contribution is -2.31. The maximum atomic E-state index is 12.5. The zero-order valence-corrected chi connectivity index (χ0v) is 18.1. The first-order valence-corrected chi connectivity index (χ1v) is 9.61. The summed E-state index contributed by atoms with van der Waals surface area (Å²) in [5.74, 6) is -0.0165. The summed E-state index contributed by atoms with van der Waals surface area (Å²) in [5, 5.41) is 7.07. The highest BCUT2D eigenvalue weighted by Crippen LogP contribution is 2.37. The summed E-state index contributed by atoms with van der Waals surface area (Å²) in [4.78, 5) is 24.9. The lowest BCUT2D eigenvalue weighted by atomic mass is 10.2. The fourth-order valence-electron chi connectivity index (χ4n) is 2.52. The lowest BCUT2D eigenvalue weighted by Gasteiger charge is -2.18. The van der Waals surface area contributed by atoms with Crippen LogP contribution in [0.3, 0.4) is 0 Å². The second-order valence-corrected chi connectivity index (χ2v) is 7.35. The molecular weight excluding hydrogens is 398 g/mol. The molecule has 0 aliphatic rings. The van der Waals surface area contributed by atoms with Gasteiger partial charge in [0, 0.05) is 12.1 Å². The Bertz CT molecular complexity index is 879. The Morgan fingerprint density at radius 1 is 1.17 bits per heavy atom. The highest BCUT2D eigenvalue weighted by atomic mass is 35.5. The number of benzene rings is 1. The third-order valence-corrected chi connectivity index (χ3v) is 4.16.